The molecular weight excluding hydrogens is 330 g/mol. The van der Waals surface area contributed by atoms with Crippen molar-refractivity contribution in [1.82, 2.24) is 15.2 Å². The summed E-state index contributed by atoms with van der Waals surface area (Å²) in [5, 5.41) is 3.36. The number of aromatic nitrogens is 1. The van der Waals surface area contributed by atoms with E-state index in [1.54, 1.807) is 30.3 Å². The molecule has 7 heteroatoms. The molecule has 0 bridgehead atoms. The average molecular weight is 348 g/mol. The van der Waals surface area contributed by atoms with Gasteiger partial charge in [-0.1, -0.05) is 23.7 Å². The average Bonchev–Trinajstić information content (AvgIpc) is 2.57. The molecule has 1 saturated heterocycles. The number of hydrogen-bond acceptors (Lipinski definition) is 4. The third kappa shape index (κ3) is 3.89. The van der Waals surface area contributed by atoms with Crippen LogP contribution in [0.15, 0.2) is 42.6 Å². The molecule has 0 unspecified atom stereocenters. The van der Waals surface area contributed by atoms with Gasteiger partial charge < -0.3 is 19.7 Å². The number of carbonyl (C=O) groups is 1. The minimum absolute atomic E-state index is 0.0795. The molecule has 2 aromatic rings. The van der Waals surface area contributed by atoms with Crippen LogP contribution < -0.4 is 14.8 Å². The predicted molar refractivity (Wildman–Crippen MR) is 90.5 cm³/mol. The van der Waals surface area contributed by atoms with Crippen molar-refractivity contribution in [3.8, 4) is 11.6 Å². The van der Waals surface area contributed by atoms with Crippen LogP contribution in [0.1, 0.15) is 5.56 Å². The van der Waals surface area contributed by atoms with E-state index < -0.39 is 0 Å². The Morgan fingerprint density at radius 1 is 1.33 bits per heavy atom. The molecule has 1 aromatic carbocycles. The predicted octanol–water partition coefficient (Wildman–Crippen LogP) is 2.72. The van der Waals surface area contributed by atoms with Gasteiger partial charge in [-0.3, -0.25) is 0 Å². The topological polar surface area (TPSA) is 63.7 Å². The molecule has 2 amide bonds. The van der Waals surface area contributed by atoms with Crippen molar-refractivity contribution in [2.24, 2.45) is 0 Å². The van der Waals surface area contributed by atoms with E-state index in [0.717, 1.165) is 11.3 Å². The van der Waals surface area contributed by atoms with E-state index in [1.807, 2.05) is 24.3 Å². The molecule has 1 N–H and O–H groups in total. The third-order valence-corrected chi connectivity index (χ3v) is 4.03. The first kappa shape index (κ1) is 16.4. The van der Waals surface area contributed by atoms with Crippen LogP contribution in [-0.2, 0) is 6.54 Å². The second-order valence-corrected chi connectivity index (χ2v) is 5.85. The molecule has 1 aliphatic rings. The van der Waals surface area contributed by atoms with Gasteiger partial charge in [0, 0.05) is 12.7 Å². The summed E-state index contributed by atoms with van der Waals surface area (Å²) in [6.07, 6.45) is 1.54. The smallest absolute Gasteiger partial charge is 0.317 e. The molecule has 0 saturated carbocycles. The monoisotopic (exact) mass is 347 g/mol. The fraction of sp³-hybridized carbons (Fsp3) is 0.294. The van der Waals surface area contributed by atoms with Crippen LogP contribution in [-0.4, -0.2) is 42.2 Å². The summed E-state index contributed by atoms with van der Waals surface area (Å²) in [6.45, 7) is 1.50. The summed E-state index contributed by atoms with van der Waals surface area (Å²) in [7, 11) is 1.62. The van der Waals surface area contributed by atoms with E-state index in [4.69, 9.17) is 21.1 Å². The van der Waals surface area contributed by atoms with Crippen LogP contribution in [0.2, 0.25) is 5.02 Å². The van der Waals surface area contributed by atoms with Gasteiger partial charge in [-0.25, -0.2) is 9.78 Å². The number of benzene rings is 1. The molecular formula is C17H18ClN3O3. The van der Waals surface area contributed by atoms with Crippen molar-refractivity contribution in [2.75, 3.05) is 20.2 Å². The lowest BCUT2D eigenvalue weighted by atomic mass is 10.2. The Morgan fingerprint density at radius 3 is 2.75 bits per heavy atom. The Morgan fingerprint density at radius 2 is 2.08 bits per heavy atom. The highest BCUT2D eigenvalue weighted by atomic mass is 35.5. The van der Waals surface area contributed by atoms with E-state index in [1.165, 1.54) is 0 Å². The molecule has 0 aliphatic carbocycles. The molecule has 3 rings (SSSR count). The van der Waals surface area contributed by atoms with Crippen molar-refractivity contribution in [3.63, 3.8) is 0 Å². The van der Waals surface area contributed by atoms with Gasteiger partial charge in [0.15, 0.2) is 0 Å². The summed E-state index contributed by atoms with van der Waals surface area (Å²) in [5.41, 5.74) is 1.01. The summed E-state index contributed by atoms with van der Waals surface area (Å²) in [6, 6.07) is 10.9. The molecule has 24 heavy (non-hydrogen) atoms. The molecule has 2 heterocycles. The molecule has 1 fully saturated rings. The number of halogens is 1. The summed E-state index contributed by atoms with van der Waals surface area (Å²) >= 11 is 6.00. The Balaban J connectivity index is 1.42. The van der Waals surface area contributed by atoms with E-state index in [0.29, 0.717) is 30.5 Å². The number of hydrogen-bond donors (Lipinski definition) is 1. The largest absolute Gasteiger partial charge is 0.497 e. The van der Waals surface area contributed by atoms with Gasteiger partial charge in [0.25, 0.3) is 0 Å². The Hall–Kier alpha value is -2.47. The minimum atomic E-state index is -0.113. The Labute approximate surface area is 145 Å². The first-order valence-corrected chi connectivity index (χ1v) is 7.96. The van der Waals surface area contributed by atoms with E-state index in [-0.39, 0.29) is 12.1 Å². The zero-order valence-corrected chi connectivity index (χ0v) is 14.0. The van der Waals surface area contributed by atoms with Crippen LogP contribution in [0.4, 0.5) is 4.79 Å². The third-order valence-electron chi connectivity index (χ3n) is 3.74. The quantitative estimate of drug-likeness (QED) is 0.903. The summed E-state index contributed by atoms with van der Waals surface area (Å²) < 4.78 is 10.8. The van der Waals surface area contributed by atoms with Gasteiger partial charge in [0.2, 0.25) is 5.88 Å². The number of methoxy groups -OCH3 is 1. The first-order valence-electron chi connectivity index (χ1n) is 7.58. The lowest BCUT2D eigenvalue weighted by Crippen LogP contribution is -2.58. The number of nitrogens with zero attached hydrogens (tertiary/aromatic N) is 2. The van der Waals surface area contributed by atoms with Gasteiger partial charge in [-0.15, -0.1) is 0 Å². The van der Waals surface area contributed by atoms with Crippen molar-refractivity contribution in [2.45, 2.75) is 12.6 Å². The number of amides is 2. The maximum atomic E-state index is 12.1. The number of nitrogens with one attached hydrogen (secondary N) is 1. The Kier molecular flexibility index (Phi) is 5.05. The number of carbonyl (C=O) groups excluding carboxylic acids is 1. The van der Waals surface area contributed by atoms with Gasteiger partial charge >= 0.3 is 6.03 Å². The molecule has 6 nitrogen and oxygen atoms in total. The second-order valence-electron chi connectivity index (χ2n) is 5.44. The standard InChI is InChI=1S/C17H18ClN3O3/c1-23-13-6-4-12(5-7-13)9-20-17(22)21-10-14(11-21)24-16-15(18)3-2-8-19-16/h2-8,14H,9-11H2,1H3,(H,20,22). The lowest BCUT2D eigenvalue weighted by Gasteiger charge is -2.38. The molecule has 1 aromatic heterocycles. The zero-order chi connectivity index (χ0) is 16.9. The van der Waals surface area contributed by atoms with Gasteiger partial charge in [-0.05, 0) is 29.8 Å². The fourth-order valence-corrected chi connectivity index (χ4v) is 2.49. The summed E-state index contributed by atoms with van der Waals surface area (Å²) in [4.78, 5) is 17.8. The van der Waals surface area contributed by atoms with Gasteiger partial charge in [0.1, 0.15) is 16.9 Å². The van der Waals surface area contributed by atoms with Crippen molar-refractivity contribution >= 4 is 17.6 Å². The number of urea groups is 1. The van der Waals surface area contributed by atoms with E-state index in [2.05, 4.69) is 10.3 Å². The molecule has 1 aliphatic heterocycles. The lowest BCUT2D eigenvalue weighted by molar-refractivity contribution is 0.0414. The normalized spacial score (nSPS) is 14.0. The van der Waals surface area contributed by atoms with Crippen LogP contribution >= 0.6 is 11.6 Å². The maximum Gasteiger partial charge on any atom is 0.317 e. The van der Waals surface area contributed by atoms with Gasteiger partial charge in [-0.2, -0.15) is 0 Å². The van der Waals surface area contributed by atoms with Gasteiger partial charge in [0.05, 0.1) is 20.2 Å². The highest BCUT2D eigenvalue weighted by Crippen LogP contribution is 2.23. The fourth-order valence-electron chi connectivity index (χ4n) is 2.33. The molecule has 0 atom stereocenters. The van der Waals surface area contributed by atoms with E-state index >= 15 is 0 Å². The van der Waals surface area contributed by atoms with Crippen LogP contribution in [0, 0.1) is 0 Å². The highest BCUT2D eigenvalue weighted by Gasteiger charge is 2.32. The minimum Gasteiger partial charge on any atom is -0.497 e. The second kappa shape index (κ2) is 7.40. The SMILES string of the molecule is COc1ccc(CNC(=O)N2CC(Oc3ncccc3Cl)C2)cc1. The number of likely N-dealkylation sites (tertiary alicyclic amines) is 1. The zero-order valence-electron chi connectivity index (χ0n) is 13.2. The van der Waals surface area contributed by atoms with Crippen molar-refractivity contribution in [3.05, 3.63) is 53.2 Å². The molecule has 0 spiro atoms. The number of ether oxygens (including phenoxy) is 2. The van der Waals surface area contributed by atoms with Crippen LogP contribution in [0.25, 0.3) is 0 Å². The van der Waals surface area contributed by atoms with Crippen LogP contribution in [0.5, 0.6) is 11.6 Å². The molecule has 126 valence electrons. The van der Waals surface area contributed by atoms with Crippen molar-refractivity contribution < 1.29 is 14.3 Å². The number of rotatable bonds is 5. The Bertz CT molecular complexity index is 702. The van der Waals surface area contributed by atoms with Crippen molar-refractivity contribution in [1.29, 1.82) is 0 Å². The maximum absolute atomic E-state index is 12.1. The number of pyridine rings is 1. The molecule has 0 radical (unpaired) electrons. The first-order chi connectivity index (χ1) is 11.7. The van der Waals surface area contributed by atoms with Crippen LogP contribution in [0.3, 0.4) is 0 Å². The highest BCUT2D eigenvalue weighted by molar-refractivity contribution is 6.31. The summed E-state index contributed by atoms with van der Waals surface area (Å²) in [5.74, 6) is 1.20. The van der Waals surface area contributed by atoms with E-state index in [9.17, 15) is 4.79 Å².